The lowest BCUT2D eigenvalue weighted by atomic mass is 10.0. The number of aryl methyl sites for hydroxylation is 1. The molecular formula is C29H37F3N8O7. The smallest absolute Gasteiger partial charge is 0.435 e. The Morgan fingerprint density at radius 1 is 1.09 bits per heavy atom. The molecule has 15 nitrogen and oxygen atoms in total. The van der Waals surface area contributed by atoms with Gasteiger partial charge in [0.05, 0.1) is 24.9 Å². The van der Waals surface area contributed by atoms with Crippen molar-refractivity contribution in [2.75, 3.05) is 19.7 Å². The second-order valence-electron chi connectivity index (χ2n) is 11.0. The van der Waals surface area contributed by atoms with Gasteiger partial charge in [-0.15, -0.1) is 0 Å². The van der Waals surface area contributed by atoms with E-state index in [9.17, 15) is 41.9 Å². The second kappa shape index (κ2) is 16.4. The molecule has 1 aromatic carbocycles. The highest BCUT2D eigenvalue weighted by molar-refractivity contribution is 6.01. The Balaban J connectivity index is 1.82. The Hall–Kier alpha value is -5.16. The number of hydrogen-bond donors (Lipinski definition) is 6. The molecule has 18 heteroatoms. The SMILES string of the molecule is CC(C)[C@H]1NC(=O)[C@H](CC(N)=O)NC(=O)C[C@@H](C(=O)NCCCn2ccc(C(F)(F)F)n2)NC(=O)c2ccccc2OCCNC1=O. The zero-order chi connectivity index (χ0) is 34.7. The Morgan fingerprint density at radius 3 is 2.47 bits per heavy atom. The van der Waals surface area contributed by atoms with Gasteiger partial charge in [0, 0.05) is 19.3 Å². The molecule has 0 spiro atoms. The first-order valence-corrected chi connectivity index (χ1v) is 14.7. The number of carbonyl (C=O) groups excluding carboxylic acids is 6. The molecule has 0 aliphatic carbocycles. The molecule has 0 fully saturated rings. The number of nitrogens with two attached hydrogens (primary N) is 1. The number of fused-ring (bicyclic) bond motifs is 1. The van der Waals surface area contributed by atoms with Crippen LogP contribution in [0.2, 0.25) is 0 Å². The van der Waals surface area contributed by atoms with E-state index in [1.165, 1.54) is 12.1 Å². The number of amides is 6. The minimum atomic E-state index is -4.60. The van der Waals surface area contributed by atoms with Crippen LogP contribution >= 0.6 is 0 Å². The number of halogens is 3. The van der Waals surface area contributed by atoms with Gasteiger partial charge in [0.15, 0.2) is 5.69 Å². The van der Waals surface area contributed by atoms with Gasteiger partial charge < -0.3 is 37.1 Å². The summed E-state index contributed by atoms with van der Waals surface area (Å²) in [5, 5.41) is 15.9. The minimum absolute atomic E-state index is 0.00356. The first-order valence-electron chi connectivity index (χ1n) is 14.7. The van der Waals surface area contributed by atoms with Gasteiger partial charge in [-0.05, 0) is 30.5 Å². The monoisotopic (exact) mass is 666 g/mol. The van der Waals surface area contributed by atoms with Crippen LogP contribution in [0.1, 0.15) is 49.2 Å². The van der Waals surface area contributed by atoms with Gasteiger partial charge in [-0.2, -0.15) is 18.3 Å². The summed E-state index contributed by atoms with van der Waals surface area (Å²) in [5.41, 5.74) is 4.25. The van der Waals surface area contributed by atoms with E-state index in [1.807, 2.05) is 0 Å². The number of carbonyl (C=O) groups is 6. The highest BCUT2D eigenvalue weighted by Crippen LogP contribution is 2.27. The number of benzene rings is 1. The zero-order valence-corrected chi connectivity index (χ0v) is 25.7. The summed E-state index contributed by atoms with van der Waals surface area (Å²) in [7, 11) is 0. The molecule has 3 rings (SSSR count). The molecule has 2 aromatic rings. The standard InChI is InChI=1S/C29H37F3N8O7/c1-16(2)24-28(46)35-10-13-47-20-7-4-3-6-17(20)25(43)37-19(15-23(42)36-18(14-22(33)41)27(45)38-24)26(44)34-9-5-11-40-12-8-21(39-40)29(30,31)32/h3-4,6-8,12,16,18-19,24H,5,9-11,13-15H2,1-2H3,(H2,33,41)(H,34,44)(H,35,46)(H,36,42)(H,37,43)(H,38,45)/t18-,19-,24+/m0/s1. The third kappa shape index (κ3) is 11.0. The van der Waals surface area contributed by atoms with Gasteiger partial charge in [0.25, 0.3) is 5.91 Å². The fraction of sp³-hybridized carbons (Fsp3) is 0.483. The first-order chi connectivity index (χ1) is 22.1. The normalized spacial score (nSPS) is 20.1. The summed E-state index contributed by atoms with van der Waals surface area (Å²) in [6.07, 6.45) is -4.62. The molecule has 3 atom stereocenters. The molecule has 47 heavy (non-hydrogen) atoms. The largest absolute Gasteiger partial charge is 0.491 e. The fourth-order valence-corrected chi connectivity index (χ4v) is 4.52. The maximum Gasteiger partial charge on any atom is 0.435 e. The molecule has 0 unspecified atom stereocenters. The van der Waals surface area contributed by atoms with Crippen molar-refractivity contribution in [1.29, 1.82) is 0 Å². The van der Waals surface area contributed by atoms with E-state index in [0.29, 0.717) is 0 Å². The molecule has 0 saturated carbocycles. The maximum absolute atomic E-state index is 13.3. The fourth-order valence-electron chi connectivity index (χ4n) is 4.52. The minimum Gasteiger partial charge on any atom is -0.491 e. The highest BCUT2D eigenvalue weighted by atomic mass is 19.4. The number of rotatable bonds is 8. The zero-order valence-electron chi connectivity index (χ0n) is 25.7. The number of hydrogen-bond acceptors (Lipinski definition) is 8. The van der Waals surface area contributed by atoms with E-state index in [-0.39, 0.29) is 44.0 Å². The predicted molar refractivity (Wildman–Crippen MR) is 158 cm³/mol. The first kappa shape index (κ1) is 36.3. The molecule has 1 aromatic heterocycles. The number of nitrogens with one attached hydrogen (secondary N) is 5. The lowest BCUT2D eigenvalue weighted by Gasteiger charge is -2.25. The number of ether oxygens (including phenoxy) is 1. The molecule has 1 aliphatic rings. The van der Waals surface area contributed by atoms with Crippen molar-refractivity contribution >= 4 is 35.4 Å². The van der Waals surface area contributed by atoms with Gasteiger partial charge in [-0.3, -0.25) is 33.4 Å². The summed E-state index contributed by atoms with van der Waals surface area (Å²) in [4.78, 5) is 77.4. The number of para-hydroxylation sites is 1. The molecule has 0 bridgehead atoms. The molecule has 6 amide bonds. The summed E-state index contributed by atoms with van der Waals surface area (Å²) in [6, 6.07) is 2.82. The van der Waals surface area contributed by atoms with Gasteiger partial charge in [-0.25, -0.2) is 0 Å². The average molecular weight is 667 g/mol. The van der Waals surface area contributed by atoms with Crippen LogP contribution in [0.3, 0.4) is 0 Å². The van der Waals surface area contributed by atoms with Crippen LogP contribution < -0.4 is 37.1 Å². The van der Waals surface area contributed by atoms with E-state index >= 15 is 0 Å². The Bertz CT molecular complexity index is 1460. The van der Waals surface area contributed by atoms with E-state index in [2.05, 4.69) is 31.7 Å². The van der Waals surface area contributed by atoms with Crippen LogP contribution in [0.15, 0.2) is 36.5 Å². The van der Waals surface area contributed by atoms with E-state index in [1.54, 1.807) is 26.0 Å². The van der Waals surface area contributed by atoms with Crippen LogP contribution in [0.4, 0.5) is 13.2 Å². The Kier molecular flexibility index (Phi) is 12.7. The molecule has 0 saturated heterocycles. The van der Waals surface area contributed by atoms with Crippen LogP contribution in [-0.4, -0.2) is 83.0 Å². The van der Waals surface area contributed by atoms with Crippen molar-refractivity contribution in [3.8, 4) is 5.75 Å². The molecule has 1 aliphatic heterocycles. The van der Waals surface area contributed by atoms with Crippen molar-refractivity contribution in [1.82, 2.24) is 36.4 Å². The van der Waals surface area contributed by atoms with Gasteiger partial charge in [-0.1, -0.05) is 26.0 Å². The van der Waals surface area contributed by atoms with Crippen LogP contribution in [0.5, 0.6) is 5.75 Å². The number of primary amides is 1. The number of nitrogens with zero attached hydrogens (tertiary/aromatic N) is 2. The van der Waals surface area contributed by atoms with Gasteiger partial charge in [0.1, 0.15) is 30.5 Å². The van der Waals surface area contributed by atoms with Crippen LogP contribution in [-0.2, 0) is 36.7 Å². The Labute approximate surface area is 267 Å². The van der Waals surface area contributed by atoms with Gasteiger partial charge in [0.2, 0.25) is 29.5 Å². The summed E-state index contributed by atoms with van der Waals surface area (Å²) in [5.74, 6) is -5.16. The average Bonchev–Trinajstić information content (AvgIpc) is 3.48. The quantitative estimate of drug-likeness (QED) is 0.204. The van der Waals surface area contributed by atoms with Crippen molar-refractivity contribution < 1.29 is 46.7 Å². The van der Waals surface area contributed by atoms with Crippen molar-refractivity contribution in [2.24, 2.45) is 11.7 Å². The van der Waals surface area contributed by atoms with Crippen molar-refractivity contribution in [3.05, 3.63) is 47.8 Å². The number of aromatic nitrogens is 2. The van der Waals surface area contributed by atoms with Crippen molar-refractivity contribution in [3.63, 3.8) is 0 Å². The van der Waals surface area contributed by atoms with E-state index in [0.717, 1.165) is 16.9 Å². The summed E-state index contributed by atoms with van der Waals surface area (Å²) < 4.78 is 45.2. The molecule has 0 radical (unpaired) electrons. The third-order valence-electron chi connectivity index (χ3n) is 6.90. The summed E-state index contributed by atoms with van der Waals surface area (Å²) in [6.45, 7) is 3.25. The van der Waals surface area contributed by atoms with Crippen molar-refractivity contribution in [2.45, 2.75) is 64.0 Å². The molecular weight excluding hydrogens is 629 g/mol. The lowest BCUT2D eigenvalue weighted by molar-refractivity contribution is -0.141. The van der Waals surface area contributed by atoms with Crippen LogP contribution in [0, 0.1) is 5.92 Å². The molecule has 2 heterocycles. The maximum atomic E-state index is 13.3. The second-order valence-corrected chi connectivity index (χ2v) is 11.0. The van der Waals surface area contributed by atoms with Crippen LogP contribution in [0.25, 0.3) is 0 Å². The topological polar surface area (TPSA) is 216 Å². The third-order valence-corrected chi connectivity index (χ3v) is 6.90. The molecule has 256 valence electrons. The Morgan fingerprint density at radius 2 is 1.81 bits per heavy atom. The molecule has 7 N–H and O–H groups in total. The van der Waals surface area contributed by atoms with E-state index < -0.39 is 84.2 Å². The predicted octanol–water partition coefficient (Wildman–Crippen LogP) is -0.393. The van der Waals surface area contributed by atoms with Gasteiger partial charge >= 0.3 is 6.18 Å². The summed E-state index contributed by atoms with van der Waals surface area (Å²) >= 11 is 0. The highest BCUT2D eigenvalue weighted by Gasteiger charge is 2.34. The van der Waals surface area contributed by atoms with E-state index in [4.69, 9.17) is 10.5 Å². The lowest BCUT2D eigenvalue weighted by Crippen LogP contribution is -2.57. The number of alkyl halides is 3.